The van der Waals surface area contributed by atoms with E-state index in [2.05, 4.69) is 4.90 Å². The molecule has 0 aromatic heterocycles. The first kappa shape index (κ1) is 22.2. The van der Waals surface area contributed by atoms with Gasteiger partial charge in [0, 0.05) is 50.1 Å². The minimum Gasteiger partial charge on any atom is -0.368 e. The predicted molar refractivity (Wildman–Crippen MR) is 131 cm³/mol. The molecule has 3 fully saturated rings. The quantitative estimate of drug-likeness (QED) is 0.271. The maximum Gasteiger partial charge on any atom is 0.294 e. The molecule has 11 nitrogen and oxygen atoms in total. The Bertz CT molecular complexity index is 1290. The molecule has 4 atom stereocenters. The second-order valence-corrected chi connectivity index (χ2v) is 9.69. The van der Waals surface area contributed by atoms with Gasteiger partial charge in [0.25, 0.3) is 11.4 Å². The lowest BCUT2D eigenvalue weighted by Crippen LogP contribution is -2.46. The van der Waals surface area contributed by atoms with E-state index in [-0.39, 0.29) is 52.5 Å². The number of hydrogen-bond acceptors (Lipinski definition) is 8. The molecule has 2 amide bonds. The molecule has 0 spiro atoms. The summed E-state index contributed by atoms with van der Waals surface area (Å²) in [4.78, 5) is 53.4. The number of piperazine rings is 1. The first-order valence-corrected chi connectivity index (χ1v) is 11.9. The van der Waals surface area contributed by atoms with E-state index < -0.39 is 9.85 Å². The monoisotopic (exact) mass is 489 g/mol. The average molecular weight is 489 g/mol. The molecule has 0 radical (unpaired) electrons. The molecule has 2 saturated heterocycles. The minimum atomic E-state index is -0.474. The summed E-state index contributed by atoms with van der Waals surface area (Å²) in [6.45, 7) is 2.19. The lowest BCUT2D eigenvalue weighted by molar-refractivity contribution is -0.384. The minimum absolute atomic E-state index is 0.0237. The number of amides is 2. The van der Waals surface area contributed by atoms with Crippen LogP contribution in [-0.2, 0) is 9.59 Å². The Morgan fingerprint density at radius 1 is 0.722 bits per heavy atom. The zero-order valence-corrected chi connectivity index (χ0v) is 19.2. The van der Waals surface area contributed by atoms with Crippen molar-refractivity contribution in [2.75, 3.05) is 40.9 Å². The van der Waals surface area contributed by atoms with Gasteiger partial charge >= 0.3 is 0 Å². The molecule has 2 aromatic carbocycles. The summed E-state index contributed by atoms with van der Waals surface area (Å²) in [6, 6.07) is 10.9. The molecular formula is C25H23N5O6. The summed E-state index contributed by atoms with van der Waals surface area (Å²) in [5.41, 5.74) is 1.42. The molecule has 2 heterocycles. The van der Waals surface area contributed by atoms with Gasteiger partial charge in [-0.15, -0.1) is 0 Å². The Morgan fingerprint density at radius 2 is 1.28 bits per heavy atom. The van der Waals surface area contributed by atoms with Crippen molar-refractivity contribution in [2.45, 2.75) is 6.42 Å². The third kappa shape index (κ3) is 3.34. The van der Waals surface area contributed by atoms with Gasteiger partial charge in [-0.1, -0.05) is 12.2 Å². The third-order valence-corrected chi connectivity index (χ3v) is 7.93. The van der Waals surface area contributed by atoms with Crippen molar-refractivity contribution in [1.82, 2.24) is 0 Å². The van der Waals surface area contributed by atoms with Crippen LogP contribution in [0.15, 0.2) is 54.6 Å². The van der Waals surface area contributed by atoms with Gasteiger partial charge < -0.3 is 9.80 Å². The van der Waals surface area contributed by atoms with E-state index in [1.807, 2.05) is 17.1 Å². The van der Waals surface area contributed by atoms with Crippen LogP contribution in [0.3, 0.4) is 0 Å². The van der Waals surface area contributed by atoms with Gasteiger partial charge in [0.2, 0.25) is 11.8 Å². The highest BCUT2D eigenvalue weighted by molar-refractivity contribution is 6.23. The standard InChI is InChI=1S/C25H23N5O6/c31-24-22-15-1-2-16(13-15)23(22)25(32)28(24)19-7-8-20(21(14-19)30(35)36)27-11-9-26(10-12-27)17-3-5-18(6-4-17)29(33)34/h1-8,14-16,22-23H,9-13H2/t15-,16-,22+,23+/m0/s1. The summed E-state index contributed by atoms with van der Waals surface area (Å²) >= 11 is 0. The zero-order chi connectivity index (χ0) is 25.1. The van der Waals surface area contributed by atoms with Crippen molar-refractivity contribution < 1.29 is 19.4 Å². The van der Waals surface area contributed by atoms with E-state index in [1.54, 1.807) is 24.3 Å². The van der Waals surface area contributed by atoms with E-state index in [1.165, 1.54) is 18.2 Å². The number of rotatable bonds is 5. The molecule has 1 saturated carbocycles. The van der Waals surface area contributed by atoms with Gasteiger partial charge in [-0.05, 0) is 42.5 Å². The maximum atomic E-state index is 13.1. The van der Waals surface area contributed by atoms with Gasteiger partial charge in [-0.3, -0.25) is 29.8 Å². The van der Waals surface area contributed by atoms with Crippen molar-refractivity contribution in [1.29, 1.82) is 0 Å². The molecule has 0 N–H and O–H groups in total. The second-order valence-electron chi connectivity index (χ2n) is 9.69. The molecule has 184 valence electrons. The van der Waals surface area contributed by atoms with E-state index in [0.717, 1.165) is 17.0 Å². The highest BCUT2D eigenvalue weighted by atomic mass is 16.6. The summed E-state index contributed by atoms with van der Waals surface area (Å²) in [7, 11) is 0. The normalized spacial score (nSPS) is 26.6. The number of allylic oxidation sites excluding steroid dienone is 2. The lowest BCUT2D eigenvalue weighted by atomic mass is 9.85. The number of fused-ring (bicyclic) bond motifs is 5. The number of anilines is 3. The van der Waals surface area contributed by atoms with Crippen molar-refractivity contribution in [2.24, 2.45) is 23.7 Å². The summed E-state index contributed by atoms with van der Waals surface area (Å²) in [5, 5.41) is 22.9. The number of nitro benzene ring substituents is 2. The Labute approximate surface area is 205 Å². The Balaban J connectivity index is 1.21. The van der Waals surface area contributed by atoms with Gasteiger partial charge in [0.1, 0.15) is 5.69 Å². The number of hydrogen-bond donors (Lipinski definition) is 0. The second kappa shape index (κ2) is 8.14. The van der Waals surface area contributed by atoms with Gasteiger partial charge in [-0.2, -0.15) is 0 Å². The number of non-ortho nitro benzene ring substituents is 1. The van der Waals surface area contributed by atoms with Crippen molar-refractivity contribution in [3.63, 3.8) is 0 Å². The molecule has 4 aliphatic rings. The van der Waals surface area contributed by atoms with Crippen LogP contribution in [0, 0.1) is 43.9 Å². The van der Waals surface area contributed by atoms with Gasteiger partial charge in [0.15, 0.2) is 0 Å². The molecule has 11 heteroatoms. The van der Waals surface area contributed by atoms with Crippen LogP contribution in [0.25, 0.3) is 0 Å². The summed E-state index contributed by atoms with van der Waals surface area (Å²) in [5.74, 6) is -1.11. The first-order chi connectivity index (χ1) is 17.3. The molecule has 2 aliphatic carbocycles. The highest BCUT2D eigenvalue weighted by Gasteiger charge is 2.59. The average Bonchev–Trinajstić information content (AvgIpc) is 3.57. The topological polar surface area (TPSA) is 130 Å². The first-order valence-electron chi connectivity index (χ1n) is 11.9. The number of carbonyl (C=O) groups is 2. The van der Waals surface area contributed by atoms with Crippen molar-refractivity contribution in [3.05, 3.63) is 74.8 Å². The van der Waals surface area contributed by atoms with Crippen LogP contribution in [0.1, 0.15) is 6.42 Å². The molecule has 6 rings (SSSR count). The Hall–Kier alpha value is -4.28. The number of imide groups is 1. The molecule has 2 aromatic rings. The van der Waals surface area contributed by atoms with Crippen LogP contribution in [0.2, 0.25) is 0 Å². The number of benzene rings is 2. The molecule has 2 aliphatic heterocycles. The fourth-order valence-electron chi connectivity index (χ4n) is 6.21. The van der Waals surface area contributed by atoms with Crippen LogP contribution in [-0.4, -0.2) is 47.8 Å². The van der Waals surface area contributed by atoms with Gasteiger partial charge in [-0.25, -0.2) is 4.90 Å². The van der Waals surface area contributed by atoms with Crippen LogP contribution < -0.4 is 14.7 Å². The number of carbonyl (C=O) groups excluding carboxylic acids is 2. The lowest BCUT2D eigenvalue weighted by Gasteiger charge is -2.37. The number of nitrogens with zero attached hydrogens (tertiary/aromatic N) is 5. The van der Waals surface area contributed by atoms with Crippen molar-refractivity contribution >= 4 is 40.3 Å². The zero-order valence-electron chi connectivity index (χ0n) is 19.2. The van der Waals surface area contributed by atoms with Gasteiger partial charge in [0.05, 0.1) is 27.4 Å². The Morgan fingerprint density at radius 3 is 1.83 bits per heavy atom. The molecule has 0 unspecified atom stereocenters. The summed E-state index contributed by atoms with van der Waals surface area (Å²) in [6.07, 6.45) is 4.86. The van der Waals surface area contributed by atoms with Crippen LogP contribution >= 0.6 is 0 Å². The third-order valence-electron chi connectivity index (χ3n) is 7.93. The van der Waals surface area contributed by atoms with Crippen molar-refractivity contribution in [3.8, 4) is 0 Å². The maximum absolute atomic E-state index is 13.1. The van der Waals surface area contributed by atoms with E-state index >= 15 is 0 Å². The van der Waals surface area contributed by atoms with Crippen LogP contribution in [0.4, 0.5) is 28.4 Å². The molecule has 36 heavy (non-hydrogen) atoms. The largest absolute Gasteiger partial charge is 0.368 e. The molecular weight excluding hydrogens is 466 g/mol. The summed E-state index contributed by atoms with van der Waals surface area (Å²) < 4.78 is 0. The van der Waals surface area contributed by atoms with E-state index in [4.69, 9.17) is 0 Å². The SMILES string of the molecule is O=C1[C@H]2[C@H](C(=O)N1c1ccc(N3CCN(c4ccc([N+](=O)[O-])cc4)CC3)c([N+](=O)[O-])c1)[C@H]1C=C[C@H]2C1. The number of nitro groups is 2. The fourth-order valence-corrected chi connectivity index (χ4v) is 6.21. The van der Waals surface area contributed by atoms with Crippen LogP contribution in [0.5, 0.6) is 0 Å². The smallest absolute Gasteiger partial charge is 0.294 e. The Kier molecular flexibility index (Phi) is 5.02. The predicted octanol–water partition coefficient (Wildman–Crippen LogP) is 3.14. The van der Waals surface area contributed by atoms with E-state index in [0.29, 0.717) is 31.9 Å². The van der Waals surface area contributed by atoms with E-state index in [9.17, 15) is 29.8 Å². The highest BCUT2D eigenvalue weighted by Crippen LogP contribution is 2.53. The fraction of sp³-hybridized carbons (Fsp3) is 0.360. The molecule has 2 bridgehead atoms.